The van der Waals surface area contributed by atoms with Crippen LogP contribution in [-0.4, -0.2) is 18.1 Å². The highest BCUT2D eigenvalue weighted by atomic mass is 32.1. The number of nitrogens with one attached hydrogen (secondary N) is 1. The molecule has 1 aliphatic heterocycles. The first-order chi connectivity index (χ1) is 7.95. The molecule has 88 valence electrons. The molecule has 1 aromatic rings. The Morgan fingerprint density at radius 2 is 2.12 bits per heavy atom. The first kappa shape index (κ1) is 10.7. The zero-order valence-electron chi connectivity index (χ0n) is 9.69. The van der Waals surface area contributed by atoms with Crippen LogP contribution in [0, 0.1) is 11.8 Å². The van der Waals surface area contributed by atoms with Crippen LogP contribution in [-0.2, 0) is 0 Å². The molecule has 0 aromatic carbocycles. The van der Waals surface area contributed by atoms with Gasteiger partial charge < -0.3 is 5.32 Å². The monoisotopic (exact) mass is 236 g/mol. The standard InChI is InChI=1S/C13H20N2S/c1-2-4-10(3-1)12-7-14-6-5-11(12)13-8-15-9-16-13/h8-12,14H,1-7H2. The normalized spacial score (nSPS) is 32.0. The number of rotatable bonds is 2. The van der Waals surface area contributed by atoms with Gasteiger partial charge in [0.25, 0.3) is 0 Å². The van der Waals surface area contributed by atoms with E-state index in [-0.39, 0.29) is 0 Å². The van der Waals surface area contributed by atoms with Crippen LogP contribution < -0.4 is 5.32 Å². The van der Waals surface area contributed by atoms with E-state index < -0.39 is 0 Å². The quantitative estimate of drug-likeness (QED) is 0.854. The van der Waals surface area contributed by atoms with Crippen molar-refractivity contribution in [2.75, 3.05) is 13.1 Å². The molecule has 1 saturated heterocycles. The number of hydrogen-bond donors (Lipinski definition) is 1. The molecule has 1 aliphatic carbocycles. The van der Waals surface area contributed by atoms with Crippen molar-refractivity contribution in [3.63, 3.8) is 0 Å². The van der Waals surface area contributed by atoms with Gasteiger partial charge in [-0.1, -0.05) is 25.7 Å². The molecule has 2 atom stereocenters. The molecule has 2 heterocycles. The van der Waals surface area contributed by atoms with Crippen LogP contribution in [0.4, 0.5) is 0 Å². The molecule has 2 nitrogen and oxygen atoms in total. The highest BCUT2D eigenvalue weighted by Crippen LogP contribution is 2.42. The zero-order chi connectivity index (χ0) is 10.8. The van der Waals surface area contributed by atoms with Gasteiger partial charge >= 0.3 is 0 Å². The number of piperidine rings is 1. The average molecular weight is 236 g/mol. The summed E-state index contributed by atoms with van der Waals surface area (Å²) in [5.74, 6) is 2.63. The van der Waals surface area contributed by atoms with E-state index in [1.54, 1.807) is 0 Å². The van der Waals surface area contributed by atoms with Crippen molar-refractivity contribution in [2.45, 2.75) is 38.0 Å². The number of nitrogens with zero attached hydrogens (tertiary/aromatic N) is 1. The van der Waals surface area contributed by atoms with Crippen molar-refractivity contribution in [2.24, 2.45) is 11.8 Å². The van der Waals surface area contributed by atoms with Crippen LogP contribution in [0.1, 0.15) is 42.9 Å². The van der Waals surface area contributed by atoms with Crippen molar-refractivity contribution in [3.8, 4) is 0 Å². The Balaban J connectivity index is 1.78. The maximum atomic E-state index is 4.26. The summed E-state index contributed by atoms with van der Waals surface area (Å²) >= 11 is 1.85. The molecule has 3 rings (SSSR count). The van der Waals surface area contributed by atoms with Gasteiger partial charge in [-0.2, -0.15) is 0 Å². The molecule has 1 aromatic heterocycles. The third-order valence-corrected chi connectivity index (χ3v) is 5.26. The van der Waals surface area contributed by atoms with Gasteiger partial charge in [-0.15, -0.1) is 11.3 Å². The van der Waals surface area contributed by atoms with E-state index >= 15 is 0 Å². The Labute approximate surface area is 101 Å². The van der Waals surface area contributed by atoms with Crippen molar-refractivity contribution in [1.82, 2.24) is 10.3 Å². The second-order valence-corrected chi connectivity index (χ2v) is 6.13. The van der Waals surface area contributed by atoms with Crippen LogP contribution in [0.3, 0.4) is 0 Å². The Bertz CT molecular complexity index is 317. The molecule has 0 radical (unpaired) electrons. The smallest absolute Gasteiger partial charge is 0.0794 e. The SMILES string of the molecule is c1ncc(C2CCNCC2C2CCCC2)s1. The fourth-order valence-corrected chi connectivity index (χ4v) is 4.36. The summed E-state index contributed by atoms with van der Waals surface area (Å²) in [6.07, 6.45) is 9.24. The van der Waals surface area contributed by atoms with E-state index in [1.165, 1.54) is 50.1 Å². The number of aromatic nitrogens is 1. The molecule has 2 unspecified atom stereocenters. The van der Waals surface area contributed by atoms with Crippen molar-refractivity contribution in [1.29, 1.82) is 0 Å². The van der Waals surface area contributed by atoms with Crippen LogP contribution >= 0.6 is 11.3 Å². The molecule has 3 heteroatoms. The van der Waals surface area contributed by atoms with Crippen LogP contribution in [0.5, 0.6) is 0 Å². The maximum Gasteiger partial charge on any atom is 0.0794 e. The van der Waals surface area contributed by atoms with Crippen LogP contribution in [0.2, 0.25) is 0 Å². The summed E-state index contributed by atoms with van der Waals surface area (Å²) in [5, 5.41) is 3.59. The van der Waals surface area contributed by atoms with Gasteiger partial charge in [0.15, 0.2) is 0 Å². The van der Waals surface area contributed by atoms with Crippen LogP contribution in [0.15, 0.2) is 11.7 Å². The van der Waals surface area contributed by atoms with E-state index in [2.05, 4.69) is 16.5 Å². The summed E-state index contributed by atoms with van der Waals surface area (Å²) in [4.78, 5) is 5.78. The maximum absolute atomic E-state index is 4.26. The van der Waals surface area contributed by atoms with E-state index in [0.717, 1.165) is 17.8 Å². The lowest BCUT2D eigenvalue weighted by Crippen LogP contribution is -2.38. The second-order valence-electron chi connectivity index (χ2n) is 5.21. The average Bonchev–Trinajstić information content (AvgIpc) is 3.03. The lowest BCUT2D eigenvalue weighted by atomic mass is 9.76. The largest absolute Gasteiger partial charge is 0.316 e. The van der Waals surface area contributed by atoms with Gasteiger partial charge in [-0.05, 0) is 31.3 Å². The van der Waals surface area contributed by atoms with Crippen molar-refractivity contribution in [3.05, 3.63) is 16.6 Å². The Morgan fingerprint density at radius 1 is 1.25 bits per heavy atom. The molecule has 0 bridgehead atoms. The summed E-state index contributed by atoms with van der Waals surface area (Å²) < 4.78 is 0. The minimum absolute atomic E-state index is 0.789. The van der Waals surface area contributed by atoms with Gasteiger partial charge in [0.05, 0.1) is 5.51 Å². The van der Waals surface area contributed by atoms with Gasteiger partial charge in [0, 0.05) is 17.0 Å². The first-order valence-corrected chi connectivity index (χ1v) is 7.42. The predicted octanol–water partition coefficient (Wildman–Crippen LogP) is 3.03. The Kier molecular flexibility index (Phi) is 3.25. The van der Waals surface area contributed by atoms with Crippen LogP contribution in [0.25, 0.3) is 0 Å². The summed E-state index contributed by atoms with van der Waals surface area (Å²) in [6, 6.07) is 0. The third kappa shape index (κ3) is 2.03. The highest BCUT2D eigenvalue weighted by Gasteiger charge is 2.34. The molecule has 0 spiro atoms. The van der Waals surface area contributed by atoms with Gasteiger partial charge in [0.2, 0.25) is 0 Å². The minimum Gasteiger partial charge on any atom is -0.316 e. The first-order valence-electron chi connectivity index (χ1n) is 6.54. The minimum atomic E-state index is 0.789. The van der Waals surface area contributed by atoms with Crippen molar-refractivity contribution >= 4 is 11.3 Å². The number of thiazole rings is 1. The fourth-order valence-electron chi connectivity index (χ4n) is 3.53. The molecule has 0 amide bonds. The molecule has 2 aliphatic rings. The molecule has 1 saturated carbocycles. The van der Waals surface area contributed by atoms with E-state index in [4.69, 9.17) is 0 Å². The van der Waals surface area contributed by atoms with E-state index in [9.17, 15) is 0 Å². The summed E-state index contributed by atoms with van der Waals surface area (Å²) in [5.41, 5.74) is 1.99. The third-order valence-electron chi connectivity index (χ3n) is 4.35. The molecule has 1 N–H and O–H groups in total. The van der Waals surface area contributed by atoms with E-state index in [0.29, 0.717) is 0 Å². The van der Waals surface area contributed by atoms with Gasteiger partial charge in [0.1, 0.15) is 0 Å². The second kappa shape index (κ2) is 4.84. The van der Waals surface area contributed by atoms with Gasteiger partial charge in [-0.25, -0.2) is 0 Å². The molecule has 16 heavy (non-hydrogen) atoms. The Hall–Kier alpha value is -0.410. The lowest BCUT2D eigenvalue weighted by molar-refractivity contribution is 0.233. The molecular weight excluding hydrogens is 216 g/mol. The zero-order valence-corrected chi connectivity index (χ0v) is 10.5. The molecule has 2 fully saturated rings. The fraction of sp³-hybridized carbons (Fsp3) is 0.769. The van der Waals surface area contributed by atoms with E-state index in [1.807, 2.05) is 16.8 Å². The highest BCUT2D eigenvalue weighted by molar-refractivity contribution is 7.09. The van der Waals surface area contributed by atoms with Gasteiger partial charge in [-0.3, -0.25) is 4.98 Å². The summed E-state index contributed by atoms with van der Waals surface area (Å²) in [6.45, 7) is 2.42. The Morgan fingerprint density at radius 3 is 2.88 bits per heavy atom. The summed E-state index contributed by atoms with van der Waals surface area (Å²) in [7, 11) is 0. The lowest BCUT2D eigenvalue weighted by Gasteiger charge is -2.35. The number of hydrogen-bond acceptors (Lipinski definition) is 3. The van der Waals surface area contributed by atoms with Crippen molar-refractivity contribution < 1.29 is 0 Å². The predicted molar refractivity (Wildman–Crippen MR) is 67.8 cm³/mol. The molecular formula is C13H20N2S. The topological polar surface area (TPSA) is 24.9 Å².